The molecule has 2 fully saturated rings. The number of sulfone groups is 1. The van der Waals surface area contributed by atoms with E-state index in [1.54, 1.807) is 0 Å². The molecule has 21 heavy (non-hydrogen) atoms. The monoisotopic (exact) mass is 317 g/mol. The van der Waals surface area contributed by atoms with Gasteiger partial charge in [-0.05, 0) is 44.7 Å². The lowest BCUT2D eigenvalue weighted by Crippen LogP contribution is -2.46. The summed E-state index contributed by atoms with van der Waals surface area (Å²) in [5.41, 5.74) is 0. The summed E-state index contributed by atoms with van der Waals surface area (Å²) in [6.45, 7) is 5.51. The molecule has 0 saturated carbocycles. The molecule has 2 heterocycles. The summed E-state index contributed by atoms with van der Waals surface area (Å²) < 4.78 is 22.7. The molecule has 0 aliphatic carbocycles. The van der Waals surface area contributed by atoms with E-state index in [0.29, 0.717) is 25.6 Å². The molecule has 2 atom stereocenters. The molecule has 2 N–H and O–H groups in total. The lowest BCUT2D eigenvalue weighted by Gasteiger charge is -2.26. The van der Waals surface area contributed by atoms with E-state index >= 15 is 0 Å². The molecule has 0 unspecified atom stereocenters. The van der Waals surface area contributed by atoms with Crippen LogP contribution < -0.4 is 10.6 Å². The van der Waals surface area contributed by atoms with Crippen LogP contribution in [-0.4, -0.2) is 63.1 Å². The van der Waals surface area contributed by atoms with Crippen LogP contribution in [0.2, 0.25) is 0 Å². The molecule has 6 nitrogen and oxygen atoms in total. The molecule has 2 saturated heterocycles. The minimum atomic E-state index is -2.86. The second-order valence-electron chi connectivity index (χ2n) is 6.17. The van der Waals surface area contributed by atoms with Gasteiger partial charge < -0.3 is 10.6 Å². The van der Waals surface area contributed by atoms with Crippen LogP contribution in [0.25, 0.3) is 0 Å². The van der Waals surface area contributed by atoms with Gasteiger partial charge in [0.2, 0.25) is 0 Å². The Morgan fingerprint density at radius 3 is 2.57 bits per heavy atom. The molecule has 2 aliphatic heterocycles. The van der Waals surface area contributed by atoms with Gasteiger partial charge in [-0.25, -0.2) is 13.2 Å². The number of carbonyl (C=O) groups excluding carboxylic acids is 1. The minimum Gasteiger partial charge on any atom is -0.338 e. The van der Waals surface area contributed by atoms with E-state index in [-0.39, 0.29) is 23.5 Å². The van der Waals surface area contributed by atoms with Gasteiger partial charge in [0.1, 0.15) is 0 Å². The molecule has 0 spiro atoms. The fourth-order valence-corrected chi connectivity index (χ4v) is 5.04. The van der Waals surface area contributed by atoms with Crippen molar-refractivity contribution in [3.05, 3.63) is 0 Å². The maximum absolute atomic E-state index is 11.8. The summed E-state index contributed by atoms with van der Waals surface area (Å²) in [5, 5.41) is 5.71. The van der Waals surface area contributed by atoms with Gasteiger partial charge in [0, 0.05) is 19.1 Å². The quantitative estimate of drug-likeness (QED) is 0.752. The topological polar surface area (TPSA) is 78.5 Å². The number of likely N-dealkylation sites (tertiary alicyclic amines) is 1. The van der Waals surface area contributed by atoms with Gasteiger partial charge >= 0.3 is 6.03 Å². The zero-order valence-corrected chi connectivity index (χ0v) is 13.6. The van der Waals surface area contributed by atoms with Crippen molar-refractivity contribution in [1.29, 1.82) is 0 Å². The number of hydrogen-bond donors (Lipinski definition) is 2. The number of nitrogens with zero attached hydrogens (tertiary/aromatic N) is 1. The van der Waals surface area contributed by atoms with Crippen molar-refractivity contribution >= 4 is 15.9 Å². The van der Waals surface area contributed by atoms with E-state index in [1.807, 2.05) is 0 Å². The van der Waals surface area contributed by atoms with Gasteiger partial charge in [-0.2, -0.15) is 0 Å². The number of nitrogens with one attached hydrogen (secondary N) is 2. The molecule has 0 radical (unpaired) electrons. The molecule has 2 rings (SSSR count). The third-order valence-electron chi connectivity index (χ3n) is 4.50. The summed E-state index contributed by atoms with van der Waals surface area (Å²) >= 11 is 0. The molecule has 0 aromatic heterocycles. The van der Waals surface area contributed by atoms with E-state index in [9.17, 15) is 13.2 Å². The van der Waals surface area contributed by atoms with Crippen LogP contribution in [-0.2, 0) is 9.84 Å². The first-order chi connectivity index (χ1) is 10.00. The summed E-state index contributed by atoms with van der Waals surface area (Å²) in [7, 11) is -2.86. The first-order valence-electron chi connectivity index (χ1n) is 7.96. The molecular weight excluding hydrogens is 290 g/mol. The van der Waals surface area contributed by atoms with Crippen LogP contribution >= 0.6 is 0 Å². The zero-order chi connectivity index (χ0) is 15.3. The average Bonchev–Trinajstić information content (AvgIpc) is 3.07. The van der Waals surface area contributed by atoms with Gasteiger partial charge in [-0.15, -0.1) is 0 Å². The highest BCUT2D eigenvalue weighted by Crippen LogP contribution is 2.17. The molecule has 122 valence electrons. The Bertz CT molecular complexity index is 446. The molecule has 2 amide bonds. The smallest absolute Gasteiger partial charge is 0.314 e. The summed E-state index contributed by atoms with van der Waals surface area (Å²) in [5.74, 6) is 0.535. The predicted octanol–water partition coefficient (Wildman–Crippen LogP) is 0.595. The Labute approximate surface area is 127 Å². The predicted molar refractivity (Wildman–Crippen MR) is 83.0 cm³/mol. The fraction of sp³-hybridized carbons (Fsp3) is 0.929. The Balaban J connectivity index is 1.65. The van der Waals surface area contributed by atoms with Gasteiger partial charge in [-0.3, -0.25) is 4.90 Å². The molecule has 0 aromatic carbocycles. The maximum Gasteiger partial charge on any atom is 0.314 e. The Morgan fingerprint density at radius 2 is 2.00 bits per heavy atom. The van der Waals surface area contributed by atoms with Crippen molar-refractivity contribution in [2.45, 2.75) is 38.6 Å². The summed E-state index contributed by atoms with van der Waals surface area (Å²) in [4.78, 5) is 14.2. The van der Waals surface area contributed by atoms with Crippen LogP contribution in [0.4, 0.5) is 4.79 Å². The van der Waals surface area contributed by atoms with Crippen LogP contribution in [0.5, 0.6) is 0 Å². The van der Waals surface area contributed by atoms with Crippen molar-refractivity contribution in [2.75, 3.05) is 37.7 Å². The summed E-state index contributed by atoms with van der Waals surface area (Å²) in [6.07, 6.45) is 4.19. The van der Waals surface area contributed by atoms with E-state index in [4.69, 9.17) is 0 Å². The van der Waals surface area contributed by atoms with Gasteiger partial charge in [0.25, 0.3) is 0 Å². The van der Waals surface area contributed by atoms with Crippen LogP contribution in [0.1, 0.15) is 32.6 Å². The number of rotatable bonds is 6. The second-order valence-corrected chi connectivity index (χ2v) is 8.39. The lowest BCUT2D eigenvalue weighted by molar-refractivity contribution is 0.215. The van der Waals surface area contributed by atoms with Crippen molar-refractivity contribution in [1.82, 2.24) is 15.5 Å². The normalized spacial score (nSPS) is 26.6. The number of amides is 2. The average molecular weight is 317 g/mol. The highest BCUT2D eigenvalue weighted by molar-refractivity contribution is 7.91. The first kappa shape index (κ1) is 16.5. The van der Waals surface area contributed by atoms with Crippen molar-refractivity contribution < 1.29 is 13.2 Å². The van der Waals surface area contributed by atoms with Crippen molar-refractivity contribution in [3.8, 4) is 0 Å². The standard InChI is InChI=1S/C14H27N3O3S/c1-2-13(17-6-3-4-7-17)10-16-14(18)15-9-12-5-8-21(19,20)11-12/h12-13H,2-11H2,1H3,(H2,15,16,18)/t12-,13+/m1/s1. The fourth-order valence-electron chi connectivity index (χ4n) is 3.18. The number of hydrogen-bond acceptors (Lipinski definition) is 4. The third kappa shape index (κ3) is 5.14. The molecule has 7 heteroatoms. The third-order valence-corrected chi connectivity index (χ3v) is 6.34. The van der Waals surface area contributed by atoms with Gasteiger partial charge in [-0.1, -0.05) is 6.92 Å². The maximum atomic E-state index is 11.8. The molecule has 0 bridgehead atoms. The number of carbonyl (C=O) groups is 1. The first-order valence-corrected chi connectivity index (χ1v) is 9.78. The summed E-state index contributed by atoms with van der Waals surface area (Å²) in [6, 6.07) is 0.224. The van der Waals surface area contributed by atoms with Gasteiger partial charge in [0.05, 0.1) is 11.5 Å². The SMILES string of the molecule is CC[C@@H](CNC(=O)NC[C@H]1CCS(=O)(=O)C1)N1CCCC1. The largest absolute Gasteiger partial charge is 0.338 e. The van der Waals surface area contributed by atoms with Crippen molar-refractivity contribution in [3.63, 3.8) is 0 Å². The Hall–Kier alpha value is -0.820. The van der Waals surface area contributed by atoms with Crippen LogP contribution in [0, 0.1) is 5.92 Å². The number of urea groups is 1. The van der Waals surface area contributed by atoms with E-state index < -0.39 is 9.84 Å². The van der Waals surface area contributed by atoms with E-state index in [2.05, 4.69) is 22.5 Å². The van der Waals surface area contributed by atoms with Gasteiger partial charge in [0.15, 0.2) is 9.84 Å². The Kier molecular flexibility index (Phi) is 5.87. The molecule has 2 aliphatic rings. The highest BCUT2D eigenvalue weighted by atomic mass is 32.2. The van der Waals surface area contributed by atoms with Crippen molar-refractivity contribution in [2.24, 2.45) is 5.92 Å². The van der Waals surface area contributed by atoms with E-state index in [0.717, 1.165) is 19.5 Å². The Morgan fingerprint density at radius 1 is 1.29 bits per heavy atom. The van der Waals surface area contributed by atoms with E-state index in [1.165, 1.54) is 12.8 Å². The zero-order valence-electron chi connectivity index (χ0n) is 12.8. The molecule has 0 aromatic rings. The lowest BCUT2D eigenvalue weighted by atomic mass is 10.1. The molecular formula is C14H27N3O3S. The highest BCUT2D eigenvalue weighted by Gasteiger charge is 2.28. The van der Waals surface area contributed by atoms with Crippen LogP contribution in [0.3, 0.4) is 0 Å². The second kappa shape index (κ2) is 7.45. The van der Waals surface area contributed by atoms with Crippen LogP contribution in [0.15, 0.2) is 0 Å². The minimum absolute atomic E-state index is 0.0707.